The zero-order chi connectivity index (χ0) is 9.64. The molecule has 0 nitrogen and oxygen atoms in total. The van der Waals surface area contributed by atoms with Crippen LogP contribution in [-0.2, 0) is 11.8 Å². The number of halogens is 1. The second-order valence-electron chi connectivity index (χ2n) is 4.36. The minimum atomic E-state index is 0.349. The summed E-state index contributed by atoms with van der Waals surface area (Å²) >= 11 is 5.42. The van der Waals surface area contributed by atoms with Crippen LogP contribution in [-0.4, -0.2) is 15.0 Å². The van der Waals surface area contributed by atoms with E-state index in [1.165, 1.54) is 11.7 Å². The van der Waals surface area contributed by atoms with Gasteiger partial charge in [-0.2, -0.15) is 0 Å². The first-order valence-electron chi connectivity index (χ1n) is 4.44. The normalized spacial score (nSPS) is 16.3. The molecule has 0 aliphatic carbocycles. The van der Waals surface area contributed by atoms with Crippen molar-refractivity contribution in [2.24, 2.45) is 0 Å². The Morgan fingerprint density at radius 2 is 2.08 bits per heavy atom. The molecule has 72 valence electrons. The number of fused-ring (bicyclic) bond motifs is 1. The summed E-state index contributed by atoms with van der Waals surface area (Å²) in [6, 6.07) is 0. The van der Waals surface area contributed by atoms with Crippen LogP contribution in [0.3, 0.4) is 0 Å². The Morgan fingerprint density at radius 1 is 1.38 bits per heavy atom. The minimum absolute atomic E-state index is 0.349. The molecular weight excluding hydrogens is 358 g/mol. The molecule has 0 fully saturated rings. The molecule has 0 unspecified atom stereocenters. The molecule has 0 atom stereocenters. The van der Waals surface area contributed by atoms with Gasteiger partial charge in [-0.1, -0.05) is 0 Å². The molecule has 0 bridgehead atoms. The Kier molecular flexibility index (Phi) is 2.83. The van der Waals surface area contributed by atoms with Crippen LogP contribution in [0.4, 0.5) is 0 Å². The summed E-state index contributed by atoms with van der Waals surface area (Å²) in [7, 11) is 0. The molecule has 1 aliphatic heterocycles. The molecule has 13 heavy (non-hydrogen) atoms. The summed E-state index contributed by atoms with van der Waals surface area (Å²) in [6.45, 7) is 6.97. The summed E-state index contributed by atoms with van der Waals surface area (Å²) in [5, 5.41) is 1.44. The molecule has 0 spiro atoms. The Labute approximate surface area is 104 Å². The van der Waals surface area contributed by atoms with Crippen molar-refractivity contribution in [3.8, 4) is 0 Å². The summed E-state index contributed by atoms with van der Waals surface area (Å²) in [4.78, 5) is 1.61. The maximum atomic E-state index is 2.55. The van der Waals surface area contributed by atoms with E-state index in [2.05, 4.69) is 54.7 Å². The Balaban J connectivity index is 2.51. The van der Waals surface area contributed by atoms with E-state index in [9.17, 15) is 0 Å². The van der Waals surface area contributed by atoms with Crippen LogP contribution in [0.1, 0.15) is 31.2 Å². The average Bonchev–Trinajstić information content (AvgIpc) is 2.51. The SMILES string of the molecule is CC(C)(C)c1sc2c(c1I)CC[Se]2. The van der Waals surface area contributed by atoms with Crippen molar-refractivity contribution in [1.82, 2.24) is 0 Å². The summed E-state index contributed by atoms with van der Waals surface area (Å²) in [5.74, 6) is 0. The quantitative estimate of drug-likeness (QED) is 0.486. The van der Waals surface area contributed by atoms with Crippen molar-refractivity contribution in [3.63, 3.8) is 0 Å². The van der Waals surface area contributed by atoms with Gasteiger partial charge in [0.25, 0.3) is 0 Å². The molecule has 1 aromatic rings. The van der Waals surface area contributed by atoms with Gasteiger partial charge >= 0.3 is 105 Å². The second-order valence-corrected chi connectivity index (χ2v) is 9.36. The Morgan fingerprint density at radius 3 is 2.62 bits per heavy atom. The number of rotatable bonds is 0. The fourth-order valence-corrected chi connectivity index (χ4v) is 8.00. The molecule has 2 rings (SSSR count). The van der Waals surface area contributed by atoms with Crippen LogP contribution in [0.15, 0.2) is 0 Å². The van der Waals surface area contributed by atoms with Gasteiger partial charge in [0.15, 0.2) is 0 Å². The summed E-state index contributed by atoms with van der Waals surface area (Å²) < 4.78 is 3.30. The molecule has 1 aliphatic rings. The molecule has 0 aromatic carbocycles. The monoisotopic (exact) mass is 372 g/mol. The molecule has 0 radical (unpaired) electrons. The fourth-order valence-electron chi connectivity index (χ4n) is 1.48. The van der Waals surface area contributed by atoms with Crippen LogP contribution < -0.4 is 3.78 Å². The molecule has 2 heterocycles. The van der Waals surface area contributed by atoms with Gasteiger partial charge in [-0.25, -0.2) is 0 Å². The van der Waals surface area contributed by atoms with Crippen molar-refractivity contribution in [2.45, 2.75) is 37.9 Å². The predicted octanol–water partition coefficient (Wildman–Crippen LogP) is 2.95. The van der Waals surface area contributed by atoms with E-state index >= 15 is 0 Å². The third-order valence-corrected chi connectivity index (χ3v) is 8.24. The van der Waals surface area contributed by atoms with Gasteiger partial charge < -0.3 is 0 Å². The van der Waals surface area contributed by atoms with E-state index in [4.69, 9.17) is 0 Å². The number of hydrogen-bond acceptors (Lipinski definition) is 1. The predicted molar refractivity (Wildman–Crippen MR) is 69.6 cm³/mol. The van der Waals surface area contributed by atoms with E-state index in [0.29, 0.717) is 5.41 Å². The molecule has 0 amide bonds. The van der Waals surface area contributed by atoms with Crippen LogP contribution in [0.25, 0.3) is 0 Å². The maximum absolute atomic E-state index is 2.55. The van der Waals surface area contributed by atoms with Crippen LogP contribution in [0, 0.1) is 3.57 Å². The third kappa shape index (κ3) is 1.85. The van der Waals surface area contributed by atoms with E-state index < -0.39 is 0 Å². The van der Waals surface area contributed by atoms with Gasteiger partial charge in [-0.3, -0.25) is 0 Å². The van der Waals surface area contributed by atoms with Crippen molar-refractivity contribution >= 4 is 52.7 Å². The second kappa shape index (κ2) is 3.51. The van der Waals surface area contributed by atoms with E-state index in [1.807, 2.05) is 0 Å². The first-order chi connectivity index (χ1) is 6.00. The van der Waals surface area contributed by atoms with Gasteiger partial charge in [0.05, 0.1) is 0 Å². The average molecular weight is 371 g/mol. The van der Waals surface area contributed by atoms with Crippen LogP contribution in [0.5, 0.6) is 0 Å². The molecule has 0 saturated carbocycles. The van der Waals surface area contributed by atoms with Crippen LogP contribution >= 0.6 is 33.9 Å². The van der Waals surface area contributed by atoms with E-state index in [1.54, 1.807) is 17.8 Å². The Hall–Kier alpha value is 0.949. The number of hydrogen-bond donors (Lipinski definition) is 0. The standard InChI is InChI=1S/C10H13ISSe/c1-10(2,3)8-7(11)6-4-5-13-9(6)12-8/h4-5H2,1-3H3. The van der Waals surface area contributed by atoms with E-state index in [0.717, 1.165) is 15.0 Å². The summed E-state index contributed by atoms with van der Waals surface area (Å²) in [5.41, 5.74) is 2.04. The fraction of sp³-hybridized carbons (Fsp3) is 0.600. The van der Waals surface area contributed by atoms with Gasteiger partial charge in [0.1, 0.15) is 0 Å². The zero-order valence-corrected chi connectivity index (χ0v) is 12.8. The molecule has 3 heteroatoms. The van der Waals surface area contributed by atoms with Crippen molar-refractivity contribution in [2.75, 3.05) is 0 Å². The number of thiophene rings is 1. The van der Waals surface area contributed by atoms with Gasteiger partial charge in [-0.05, 0) is 0 Å². The zero-order valence-electron chi connectivity index (χ0n) is 8.11. The third-order valence-electron chi connectivity index (χ3n) is 2.17. The van der Waals surface area contributed by atoms with Crippen molar-refractivity contribution in [1.29, 1.82) is 0 Å². The Bertz CT molecular complexity index is 335. The van der Waals surface area contributed by atoms with Gasteiger partial charge in [0, 0.05) is 0 Å². The molecular formula is C10H13ISSe. The topological polar surface area (TPSA) is 0 Å². The molecule has 1 aromatic heterocycles. The van der Waals surface area contributed by atoms with E-state index in [-0.39, 0.29) is 0 Å². The van der Waals surface area contributed by atoms with Crippen molar-refractivity contribution in [3.05, 3.63) is 14.0 Å². The first kappa shape index (κ1) is 10.5. The summed E-state index contributed by atoms with van der Waals surface area (Å²) in [6.07, 6.45) is 1.35. The van der Waals surface area contributed by atoms with Crippen molar-refractivity contribution < 1.29 is 0 Å². The molecule has 0 N–H and O–H groups in total. The first-order valence-corrected chi connectivity index (χ1v) is 8.41. The van der Waals surface area contributed by atoms with Gasteiger partial charge in [0.2, 0.25) is 0 Å². The van der Waals surface area contributed by atoms with Gasteiger partial charge in [-0.15, -0.1) is 0 Å². The van der Waals surface area contributed by atoms with Crippen LogP contribution in [0.2, 0.25) is 5.32 Å². The molecule has 0 saturated heterocycles.